The van der Waals surface area contributed by atoms with E-state index in [-0.39, 0.29) is 0 Å². The van der Waals surface area contributed by atoms with Gasteiger partial charge in [0.2, 0.25) is 0 Å². The van der Waals surface area contributed by atoms with Gasteiger partial charge in [-0.15, -0.1) is 0 Å². The van der Waals surface area contributed by atoms with E-state index in [0.717, 1.165) is 52.7 Å². The first-order valence-corrected chi connectivity index (χ1v) is 13.9. The van der Waals surface area contributed by atoms with Crippen molar-refractivity contribution < 1.29 is 4.42 Å². The molecule has 1 aliphatic heterocycles. The van der Waals surface area contributed by atoms with Gasteiger partial charge in [0.25, 0.3) is 0 Å². The van der Waals surface area contributed by atoms with E-state index in [9.17, 15) is 0 Å². The summed E-state index contributed by atoms with van der Waals surface area (Å²) in [7, 11) is 0. The van der Waals surface area contributed by atoms with Crippen LogP contribution in [0.25, 0.3) is 66.5 Å². The third-order valence-corrected chi connectivity index (χ3v) is 8.57. The molecule has 0 radical (unpaired) electrons. The molecule has 5 heteroatoms. The highest BCUT2D eigenvalue weighted by Gasteiger charge is 2.22. The first-order chi connectivity index (χ1) is 19.7. The van der Waals surface area contributed by atoms with E-state index >= 15 is 0 Å². The minimum Gasteiger partial charge on any atom is -0.456 e. The average molecular weight is 519 g/mol. The van der Waals surface area contributed by atoms with Crippen molar-refractivity contribution >= 4 is 43.7 Å². The van der Waals surface area contributed by atoms with Gasteiger partial charge in [-0.05, 0) is 86.0 Å². The Bertz CT molecular complexity index is 2220. The molecule has 0 atom stereocenters. The second kappa shape index (κ2) is 7.99. The third kappa shape index (κ3) is 2.94. The zero-order valence-corrected chi connectivity index (χ0v) is 22.1. The molecule has 192 valence electrons. The SMILES string of the molecule is Cc1cc2c(n1-c1ccc3oc4ccc(-n5c6ccccc6c6ccccc65)cc4c3c1)-c1ccnn1CCC2. The van der Waals surface area contributed by atoms with Crippen LogP contribution in [-0.4, -0.2) is 18.9 Å². The molecule has 4 aromatic heterocycles. The van der Waals surface area contributed by atoms with Gasteiger partial charge in [0.15, 0.2) is 0 Å². The molecule has 9 rings (SSSR count). The number of fused-ring (bicyclic) bond motifs is 9. The molecule has 0 unspecified atom stereocenters. The minimum absolute atomic E-state index is 0.901. The van der Waals surface area contributed by atoms with Crippen LogP contribution in [0, 0.1) is 6.92 Å². The zero-order valence-electron chi connectivity index (χ0n) is 22.1. The van der Waals surface area contributed by atoms with Crippen molar-refractivity contribution in [3.05, 3.63) is 115 Å². The monoisotopic (exact) mass is 518 g/mol. The smallest absolute Gasteiger partial charge is 0.135 e. The van der Waals surface area contributed by atoms with Crippen molar-refractivity contribution in [2.24, 2.45) is 0 Å². The fourth-order valence-electron chi connectivity index (χ4n) is 6.87. The van der Waals surface area contributed by atoms with Gasteiger partial charge in [-0.25, -0.2) is 0 Å². The summed E-state index contributed by atoms with van der Waals surface area (Å²) in [4.78, 5) is 0. The molecule has 40 heavy (non-hydrogen) atoms. The van der Waals surface area contributed by atoms with Crippen molar-refractivity contribution in [3.63, 3.8) is 0 Å². The van der Waals surface area contributed by atoms with Crippen molar-refractivity contribution in [1.82, 2.24) is 18.9 Å². The molecule has 1 aliphatic rings. The molecule has 0 bridgehead atoms. The van der Waals surface area contributed by atoms with Gasteiger partial charge < -0.3 is 13.6 Å². The quantitative estimate of drug-likeness (QED) is 0.230. The van der Waals surface area contributed by atoms with Crippen molar-refractivity contribution in [1.29, 1.82) is 0 Å². The Hall–Kier alpha value is -5.03. The van der Waals surface area contributed by atoms with Crippen LogP contribution in [0.5, 0.6) is 0 Å². The van der Waals surface area contributed by atoms with Crippen LogP contribution < -0.4 is 0 Å². The zero-order chi connectivity index (χ0) is 26.4. The first kappa shape index (κ1) is 21.9. The molecule has 5 nitrogen and oxygen atoms in total. The van der Waals surface area contributed by atoms with E-state index in [1.807, 2.05) is 6.20 Å². The molecule has 5 heterocycles. The molecule has 0 fully saturated rings. The lowest BCUT2D eigenvalue weighted by atomic mass is 10.1. The number of aromatic nitrogens is 4. The summed E-state index contributed by atoms with van der Waals surface area (Å²) in [5.41, 5.74) is 11.6. The second-order valence-corrected chi connectivity index (χ2v) is 10.9. The summed E-state index contributed by atoms with van der Waals surface area (Å²) >= 11 is 0. The maximum atomic E-state index is 6.35. The van der Waals surface area contributed by atoms with Crippen LogP contribution in [-0.2, 0) is 13.0 Å². The fourth-order valence-corrected chi connectivity index (χ4v) is 6.87. The Morgan fingerprint density at radius 3 is 2.02 bits per heavy atom. The topological polar surface area (TPSA) is 40.8 Å². The molecule has 0 aliphatic carbocycles. The largest absolute Gasteiger partial charge is 0.456 e. The van der Waals surface area contributed by atoms with Gasteiger partial charge >= 0.3 is 0 Å². The van der Waals surface area contributed by atoms with E-state index < -0.39 is 0 Å². The van der Waals surface area contributed by atoms with E-state index in [2.05, 4.69) is 123 Å². The van der Waals surface area contributed by atoms with Crippen molar-refractivity contribution in [2.45, 2.75) is 26.3 Å². The van der Waals surface area contributed by atoms with E-state index in [0.29, 0.717) is 0 Å². The molecule has 0 amide bonds. The first-order valence-electron chi connectivity index (χ1n) is 13.9. The fraction of sp³-hybridized carbons (Fsp3) is 0.114. The standard InChI is InChI=1S/C35H26N4O/c1-22-19-23-7-6-18-37-32(16-17-36-37)35(23)38(22)24-12-14-33-28(20-24)29-21-25(13-15-34(29)40-33)39-30-10-4-2-8-26(30)27-9-3-5-11-31(27)39/h2-5,8-17,19-21H,6-7,18H2,1H3. The van der Waals surface area contributed by atoms with Crippen molar-refractivity contribution in [3.8, 4) is 22.8 Å². The summed E-state index contributed by atoms with van der Waals surface area (Å²) in [5, 5.41) is 9.38. The minimum atomic E-state index is 0.901. The molecule has 0 saturated carbocycles. The normalized spacial score (nSPS) is 13.3. The number of rotatable bonds is 2. The Balaban J connectivity index is 1.28. The molecular formula is C35H26N4O. The molecule has 0 N–H and O–H groups in total. The van der Waals surface area contributed by atoms with Crippen LogP contribution in [0.15, 0.2) is 108 Å². The number of para-hydroxylation sites is 2. The van der Waals surface area contributed by atoms with Crippen LogP contribution >= 0.6 is 0 Å². The predicted molar refractivity (Wildman–Crippen MR) is 162 cm³/mol. The highest BCUT2D eigenvalue weighted by atomic mass is 16.3. The van der Waals surface area contributed by atoms with Crippen LogP contribution in [0.4, 0.5) is 0 Å². The lowest BCUT2D eigenvalue weighted by Crippen LogP contribution is -2.04. The summed E-state index contributed by atoms with van der Waals surface area (Å²) in [6, 6.07) is 34.9. The van der Waals surface area contributed by atoms with Gasteiger partial charge in [0, 0.05) is 51.4 Å². The van der Waals surface area contributed by atoms with Gasteiger partial charge in [0.1, 0.15) is 11.2 Å². The average Bonchev–Trinajstić information content (AvgIpc) is 3.72. The van der Waals surface area contributed by atoms with Crippen molar-refractivity contribution in [2.75, 3.05) is 0 Å². The Morgan fingerprint density at radius 1 is 0.675 bits per heavy atom. The van der Waals surface area contributed by atoms with Crippen LogP contribution in [0.3, 0.4) is 0 Å². The van der Waals surface area contributed by atoms with E-state index in [1.165, 1.54) is 44.5 Å². The summed E-state index contributed by atoms with van der Waals surface area (Å²) in [6.07, 6.45) is 4.08. The number of aryl methyl sites for hydroxylation is 3. The molecular weight excluding hydrogens is 492 g/mol. The summed E-state index contributed by atoms with van der Waals surface area (Å²) in [5.74, 6) is 0. The lowest BCUT2D eigenvalue weighted by Gasteiger charge is -2.13. The number of furan rings is 1. The maximum Gasteiger partial charge on any atom is 0.135 e. The Labute approximate surface area is 230 Å². The van der Waals surface area contributed by atoms with E-state index in [1.54, 1.807) is 0 Å². The van der Waals surface area contributed by atoms with Gasteiger partial charge in [-0.3, -0.25) is 4.68 Å². The number of benzene rings is 4. The van der Waals surface area contributed by atoms with Crippen LogP contribution in [0.1, 0.15) is 17.7 Å². The summed E-state index contributed by atoms with van der Waals surface area (Å²) < 4.78 is 13.2. The number of hydrogen-bond acceptors (Lipinski definition) is 2. The molecule has 0 spiro atoms. The highest BCUT2D eigenvalue weighted by molar-refractivity contribution is 6.10. The Morgan fingerprint density at radius 2 is 1.32 bits per heavy atom. The van der Waals surface area contributed by atoms with Gasteiger partial charge in [-0.2, -0.15) is 5.10 Å². The van der Waals surface area contributed by atoms with Gasteiger partial charge in [-0.1, -0.05) is 36.4 Å². The Kier molecular flexibility index (Phi) is 4.37. The molecule has 4 aromatic carbocycles. The van der Waals surface area contributed by atoms with E-state index in [4.69, 9.17) is 4.42 Å². The molecule has 8 aromatic rings. The maximum absolute atomic E-state index is 6.35. The predicted octanol–water partition coefficient (Wildman–Crippen LogP) is 8.59. The van der Waals surface area contributed by atoms with Crippen LogP contribution in [0.2, 0.25) is 0 Å². The lowest BCUT2D eigenvalue weighted by molar-refractivity contribution is 0.593. The summed E-state index contributed by atoms with van der Waals surface area (Å²) in [6.45, 7) is 3.15. The number of nitrogens with zero attached hydrogens (tertiary/aromatic N) is 4. The van der Waals surface area contributed by atoms with Gasteiger partial charge in [0.05, 0.1) is 22.4 Å². The number of hydrogen-bond donors (Lipinski definition) is 0. The molecule has 0 saturated heterocycles. The third-order valence-electron chi connectivity index (χ3n) is 8.57. The highest BCUT2D eigenvalue weighted by Crippen LogP contribution is 2.38. The second-order valence-electron chi connectivity index (χ2n) is 10.9.